The number of halogens is 3. The molecule has 2 aromatic carbocycles. The summed E-state index contributed by atoms with van der Waals surface area (Å²) in [6.07, 6.45) is 0.650. The third kappa shape index (κ3) is 5.46. The Hall–Kier alpha value is -4.01. The van der Waals surface area contributed by atoms with Crippen LogP contribution in [0.3, 0.4) is 0 Å². The Morgan fingerprint density at radius 1 is 1.05 bits per heavy atom. The molecule has 0 N–H and O–H groups in total. The molecule has 0 saturated carbocycles. The second-order valence-corrected chi connectivity index (χ2v) is 9.28. The quantitative estimate of drug-likeness (QED) is 0.333. The van der Waals surface area contributed by atoms with Gasteiger partial charge in [0.15, 0.2) is 0 Å². The molecule has 1 saturated heterocycles. The minimum Gasteiger partial charge on any atom is -0.497 e. The molecule has 3 aromatic rings. The van der Waals surface area contributed by atoms with Crippen LogP contribution in [0.4, 0.5) is 18.9 Å². The molecule has 1 aliphatic rings. The molecule has 4 rings (SSSR count). The zero-order chi connectivity index (χ0) is 27.6. The SMILES string of the molecule is C=C(C)/C=C\c1c(-c2cc(OC)cc(OC)c2)nn(-c2cc(N3CCCC3)ccc2C(F)(F)F)c(=O)c1C. The lowest BCUT2D eigenvalue weighted by atomic mass is 10.0. The number of methoxy groups -OCH3 is 2. The summed E-state index contributed by atoms with van der Waals surface area (Å²) in [5.74, 6) is 0.941. The van der Waals surface area contributed by atoms with Crippen LogP contribution in [0.5, 0.6) is 11.5 Å². The molecule has 1 fully saturated rings. The maximum atomic E-state index is 14.2. The fourth-order valence-corrected chi connectivity index (χ4v) is 4.51. The minimum absolute atomic E-state index is 0.244. The number of allylic oxidation sites excluding steroid dienone is 2. The van der Waals surface area contributed by atoms with Crippen LogP contribution in [0.25, 0.3) is 23.0 Å². The van der Waals surface area contributed by atoms with Crippen LogP contribution in [0.2, 0.25) is 0 Å². The van der Waals surface area contributed by atoms with Crippen molar-refractivity contribution in [3.8, 4) is 28.4 Å². The Balaban J connectivity index is 2.05. The molecule has 0 atom stereocenters. The highest BCUT2D eigenvalue weighted by Crippen LogP contribution is 2.37. The van der Waals surface area contributed by atoms with Gasteiger partial charge >= 0.3 is 6.18 Å². The fourth-order valence-electron chi connectivity index (χ4n) is 4.51. The summed E-state index contributed by atoms with van der Waals surface area (Å²) in [6, 6.07) is 8.95. The Labute approximate surface area is 219 Å². The Morgan fingerprint density at radius 3 is 2.24 bits per heavy atom. The smallest absolute Gasteiger partial charge is 0.418 e. The van der Waals surface area contributed by atoms with Gasteiger partial charge in [0.25, 0.3) is 5.56 Å². The molecule has 0 amide bonds. The van der Waals surface area contributed by atoms with Crippen LogP contribution < -0.4 is 19.9 Å². The minimum atomic E-state index is -4.69. The second-order valence-electron chi connectivity index (χ2n) is 9.28. The second kappa shape index (κ2) is 10.8. The van der Waals surface area contributed by atoms with Crippen LogP contribution >= 0.6 is 0 Å². The molecule has 6 nitrogen and oxygen atoms in total. The first-order valence-corrected chi connectivity index (χ1v) is 12.2. The van der Waals surface area contributed by atoms with E-state index in [-0.39, 0.29) is 11.3 Å². The summed E-state index contributed by atoms with van der Waals surface area (Å²) in [6.45, 7) is 8.73. The van der Waals surface area contributed by atoms with Crippen LogP contribution in [-0.2, 0) is 6.18 Å². The van der Waals surface area contributed by atoms with Gasteiger partial charge in [0.05, 0.1) is 31.2 Å². The average molecular weight is 526 g/mol. The number of hydrogen-bond donors (Lipinski definition) is 0. The van der Waals surface area contributed by atoms with Crippen molar-refractivity contribution in [2.45, 2.75) is 32.9 Å². The monoisotopic (exact) mass is 525 g/mol. The molecular weight excluding hydrogens is 495 g/mol. The predicted octanol–water partition coefficient (Wildman–Crippen LogP) is 6.43. The van der Waals surface area contributed by atoms with Gasteiger partial charge in [-0.25, -0.2) is 0 Å². The van der Waals surface area contributed by atoms with Crippen molar-refractivity contribution in [3.05, 3.63) is 81.7 Å². The summed E-state index contributed by atoms with van der Waals surface area (Å²) in [7, 11) is 3.00. The number of rotatable bonds is 7. The lowest BCUT2D eigenvalue weighted by Gasteiger charge is -2.22. The maximum Gasteiger partial charge on any atom is 0.418 e. The van der Waals surface area contributed by atoms with E-state index in [2.05, 4.69) is 11.7 Å². The number of anilines is 1. The zero-order valence-corrected chi connectivity index (χ0v) is 21.9. The van der Waals surface area contributed by atoms with E-state index in [0.717, 1.165) is 42.3 Å². The van der Waals surface area contributed by atoms with Gasteiger partial charge in [-0.3, -0.25) is 4.79 Å². The standard InChI is InChI=1S/C29H30F3N3O3/c1-18(2)8-10-24-19(3)28(36)35(33-27(24)20-14-22(37-4)17-23(15-20)38-5)26-16-21(34-12-6-7-13-34)9-11-25(26)29(30,31)32/h8-11,14-17H,1,6-7,12-13H2,2-5H3/b10-8-. The van der Waals surface area contributed by atoms with Crippen LogP contribution in [0, 0.1) is 6.92 Å². The van der Waals surface area contributed by atoms with Crippen LogP contribution in [-0.4, -0.2) is 37.1 Å². The third-order valence-electron chi connectivity index (χ3n) is 6.52. The summed E-state index contributed by atoms with van der Waals surface area (Å²) in [4.78, 5) is 15.6. The van der Waals surface area contributed by atoms with Gasteiger partial charge in [-0.2, -0.15) is 23.0 Å². The molecule has 1 aromatic heterocycles. The average Bonchev–Trinajstić information content (AvgIpc) is 3.43. The van der Waals surface area contributed by atoms with Gasteiger partial charge in [0, 0.05) is 41.5 Å². The van der Waals surface area contributed by atoms with E-state index in [1.165, 1.54) is 26.4 Å². The van der Waals surface area contributed by atoms with Crippen molar-refractivity contribution < 1.29 is 22.6 Å². The van der Waals surface area contributed by atoms with Crippen molar-refractivity contribution in [1.29, 1.82) is 0 Å². The fraction of sp³-hybridized carbons (Fsp3) is 0.310. The van der Waals surface area contributed by atoms with E-state index in [0.29, 0.717) is 34.0 Å². The number of hydrogen-bond acceptors (Lipinski definition) is 5. The first kappa shape index (κ1) is 27.0. The van der Waals surface area contributed by atoms with Crippen molar-refractivity contribution >= 4 is 11.8 Å². The summed E-state index contributed by atoms with van der Waals surface area (Å²) in [5, 5.41) is 4.54. The molecule has 38 heavy (non-hydrogen) atoms. The van der Waals surface area contributed by atoms with Gasteiger partial charge < -0.3 is 14.4 Å². The first-order valence-electron chi connectivity index (χ1n) is 12.2. The maximum absolute atomic E-state index is 14.2. The zero-order valence-electron chi connectivity index (χ0n) is 21.9. The number of alkyl halides is 3. The lowest BCUT2D eigenvalue weighted by molar-refractivity contribution is -0.137. The molecular formula is C29H30F3N3O3. The summed E-state index contributed by atoms with van der Waals surface area (Å²) in [5.41, 5.74) is 0.987. The van der Waals surface area contributed by atoms with Crippen molar-refractivity contribution in [3.63, 3.8) is 0 Å². The topological polar surface area (TPSA) is 56.6 Å². The van der Waals surface area contributed by atoms with Crippen molar-refractivity contribution in [1.82, 2.24) is 9.78 Å². The van der Waals surface area contributed by atoms with Crippen molar-refractivity contribution in [2.75, 3.05) is 32.2 Å². The van der Waals surface area contributed by atoms with Gasteiger partial charge in [-0.1, -0.05) is 24.3 Å². The Morgan fingerprint density at radius 2 is 1.68 bits per heavy atom. The molecule has 0 unspecified atom stereocenters. The Kier molecular flexibility index (Phi) is 7.66. The molecule has 1 aliphatic heterocycles. The summed E-state index contributed by atoms with van der Waals surface area (Å²) < 4.78 is 54.2. The Bertz CT molecular complexity index is 1430. The number of nitrogens with zero attached hydrogens (tertiary/aromatic N) is 3. The van der Waals surface area contributed by atoms with Crippen LogP contribution in [0.15, 0.2) is 59.4 Å². The van der Waals surface area contributed by atoms with E-state index in [4.69, 9.17) is 9.47 Å². The van der Waals surface area contributed by atoms with Gasteiger partial charge in [-0.15, -0.1) is 0 Å². The van der Waals surface area contributed by atoms with E-state index in [1.807, 2.05) is 4.90 Å². The highest BCUT2D eigenvalue weighted by molar-refractivity contribution is 5.76. The number of ether oxygens (including phenoxy) is 2. The molecule has 2 heterocycles. The normalized spacial score (nSPS) is 13.8. The highest BCUT2D eigenvalue weighted by Gasteiger charge is 2.35. The van der Waals surface area contributed by atoms with Gasteiger partial charge in [-0.05, 0) is 57.0 Å². The third-order valence-corrected chi connectivity index (χ3v) is 6.52. The van der Waals surface area contributed by atoms with Crippen molar-refractivity contribution in [2.24, 2.45) is 0 Å². The predicted molar refractivity (Wildman–Crippen MR) is 143 cm³/mol. The van der Waals surface area contributed by atoms with Crippen LogP contribution in [0.1, 0.15) is 36.5 Å². The van der Waals surface area contributed by atoms with E-state index >= 15 is 0 Å². The number of benzene rings is 2. The van der Waals surface area contributed by atoms with Gasteiger partial charge in [0.1, 0.15) is 11.5 Å². The van der Waals surface area contributed by atoms with Gasteiger partial charge in [0.2, 0.25) is 0 Å². The summed E-state index contributed by atoms with van der Waals surface area (Å²) >= 11 is 0. The largest absolute Gasteiger partial charge is 0.497 e. The van der Waals surface area contributed by atoms with E-state index in [1.54, 1.807) is 44.2 Å². The van der Waals surface area contributed by atoms with E-state index < -0.39 is 17.3 Å². The number of aromatic nitrogens is 2. The van der Waals surface area contributed by atoms with E-state index in [9.17, 15) is 18.0 Å². The lowest BCUT2D eigenvalue weighted by Crippen LogP contribution is -2.28. The molecule has 200 valence electrons. The molecule has 0 bridgehead atoms. The molecule has 0 aliphatic carbocycles. The molecule has 9 heteroatoms. The first-order chi connectivity index (χ1) is 18.0. The molecule has 0 radical (unpaired) electrons. The highest BCUT2D eigenvalue weighted by atomic mass is 19.4. The molecule has 0 spiro atoms.